The Labute approximate surface area is 258 Å². The number of nitrogens with one attached hydrogen (secondary N) is 2. The summed E-state index contributed by atoms with van der Waals surface area (Å²) in [6.45, 7) is 4.83. The molecular weight excluding hydrogens is 534 g/mol. The lowest BCUT2D eigenvalue weighted by Gasteiger charge is -2.46. The number of hydrogen-bond donors (Lipinski definition) is 2. The molecule has 1 aromatic heterocycles. The molecule has 6 aromatic rings. The van der Waals surface area contributed by atoms with Gasteiger partial charge in [-0.25, -0.2) is 5.32 Å². The largest absolute Gasteiger partial charge is 0.205 e. The first-order valence-corrected chi connectivity index (χ1v) is 15.9. The minimum Gasteiger partial charge on any atom is -0.205 e. The topological polar surface area (TPSA) is 21.4 Å². The Hall–Kier alpha value is -4.70. The molecule has 214 valence electrons. The number of hydrogen-bond acceptors (Lipinski definition) is 1. The van der Waals surface area contributed by atoms with Gasteiger partial charge in [-0.05, 0) is 52.3 Å². The second-order valence-electron chi connectivity index (χ2n) is 13.0. The minimum atomic E-state index is -0.126. The van der Waals surface area contributed by atoms with Crippen molar-refractivity contribution in [3.8, 4) is 22.3 Å². The molecule has 2 N–H and O–H groups in total. The van der Waals surface area contributed by atoms with Crippen LogP contribution in [-0.4, -0.2) is 10.8 Å². The van der Waals surface area contributed by atoms with Crippen molar-refractivity contribution in [2.45, 2.75) is 44.4 Å². The Morgan fingerprint density at radius 1 is 0.705 bits per heavy atom. The molecule has 0 amide bonds. The molecule has 0 radical (unpaired) electrons. The lowest BCUT2D eigenvalue weighted by atomic mass is 9.81. The predicted octanol–water partition coefficient (Wildman–Crippen LogP) is 8.32. The van der Waals surface area contributed by atoms with Gasteiger partial charge >= 0.3 is 0 Å². The summed E-state index contributed by atoms with van der Waals surface area (Å²) in [5, 5.41) is 8.07. The Bertz CT molecular complexity index is 2130. The summed E-state index contributed by atoms with van der Waals surface area (Å²) in [6.07, 6.45) is 9.60. The molecule has 3 heteroatoms. The molecule has 3 unspecified atom stereocenters. The second kappa shape index (κ2) is 9.65. The third-order valence-electron chi connectivity index (χ3n) is 10.2. The van der Waals surface area contributed by atoms with Gasteiger partial charge in [0.1, 0.15) is 11.0 Å². The fourth-order valence-electron chi connectivity index (χ4n) is 8.13. The molecule has 1 fully saturated rings. The number of aromatic nitrogens is 1. The van der Waals surface area contributed by atoms with Crippen molar-refractivity contribution in [3.05, 3.63) is 156 Å². The van der Waals surface area contributed by atoms with Crippen molar-refractivity contribution >= 4 is 21.8 Å². The third kappa shape index (κ3) is 3.63. The van der Waals surface area contributed by atoms with Gasteiger partial charge in [0.15, 0.2) is 12.3 Å². The highest BCUT2D eigenvalue weighted by atomic mass is 15.7. The van der Waals surface area contributed by atoms with Gasteiger partial charge in [-0.3, -0.25) is 0 Å². The van der Waals surface area contributed by atoms with Gasteiger partial charge in [0.25, 0.3) is 0 Å². The molecular formula is C41H36N3+. The fourth-order valence-corrected chi connectivity index (χ4v) is 8.13. The van der Waals surface area contributed by atoms with E-state index in [0.29, 0.717) is 0 Å². The van der Waals surface area contributed by atoms with Crippen LogP contribution in [0.3, 0.4) is 0 Å². The van der Waals surface area contributed by atoms with Gasteiger partial charge in [-0.1, -0.05) is 141 Å². The number of benzene rings is 5. The zero-order valence-electron chi connectivity index (χ0n) is 25.2. The second-order valence-corrected chi connectivity index (χ2v) is 13.0. The molecule has 3 atom stereocenters. The van der Waals surface area contributed by atoms with Crippen LogP contribution < -0.4 is 10.3 Å². The molecule has 0 saturated carbocycles. The van der Waals surface area contributed by atoms with Crippen LogP contribution in [0.15, 0.2) is 139 Å². The first kappa shape index (κ1) is 25.8. The van der Waals surface area contributed by atoms with Crippen molar-refractivity contribution in [1.82, 2.24) is 9.99 Å². The highest BCUT2D eigenvalue weighted by Gasteiger charge is 2.49. The summed E-state index contributed by atoms with van der Waals surface area (Å²) < 4.78 is 2.67. The number of allylic oxidation sites excluding steroid dienone is 2. The molecule has 2 aliphatic carbocycles. The SMILES string of the molecule is CC1(C)c2ccccc2-c2ccc3c4ccc(-c5ccccc5)cc4n([NH+]4C(C5=CCCC=C5)NC4c4ccccc4)c3c21. The van der Waals surface area contributed by atoms with Crippen molar-refractivity contribution in [2.75, 3.05) is 0 Å². The van der Waals surface area contributed by atoms with E-state index in [1.54, 1.807) is 0 Å². The zero-order valence-corrected chi connectivity index (χ0v) is 25.2. The maximum Gasteiger partial charge on any atom is 0.197 e. The van der Waals surface area contributed by atoms with Crippen LogP contribution in [0.2, 0.25) is 0 Å². The number of fused-ring (bicyclic) bond motifs is 7. The maximum absolute atomic E-state index is 4.01. The van der Waals surface area contributed by atoms with Crippen molar-refractivity contribution in [2.24, 2.45) is 0 Å². The van der Waals surface area contributed by atoms with E-state index in [-0.39, 0.29) is 17.7 Å². The summed E-state index contributed by atoms with van der Waals surface area (Å²) in [5.41, 5.74) is 13.3. The quantitative estimate of drug-likeness (QED) is 0.219. The van der Waals surface area contributed by atoms with Gasteiger partial charge in [0.2, 0.25) is 0 Å². The van der Waals surface area contributed by atoms with E-state index < -0.39 is 0 Å². The summed E-state index contributed by atoms with van der Waals surface area (Å²) in [4.78, 5) is 0. The zero-order chi connectivity index (χ0) is 29.4. The molecule has 9 rings (SSSR count). The van der Waals surface area contributed by atoms with Crippen molar-refractivity contribution in [1.29, 1.82) is 0 Å². The van der Waals surface area contributed by atoms with Gasteiger partial charge in [-0.2, -0.15) is 9.69 Å². The summed E-state index contributed by atoms with van der Waals surface area (Å²) in [6, 6.07) is 42.7. The lowest BCUT2D eigenvalue weighted by molar-refractivity contribution is -1.04. The molecule has 0 bridgehead atoms. The molecule has 0 spiro atoms. The molecule has 5 aromatic carbocycles. The van der Waals surface area contributed by atoms with Gasteiger partial charge in [-0.15, -0.1) is 0 Å². The Morgan fingerprint density at radius 2 is 1.45 bits per heavy atom. The van der Waals surface area contributed by atoms with Crippen molar-refractivity contribution < 1.29 is 5.01 Å². The van der Waals surface area contributed by atoms with Gasteiger partial charge < -0.3 is 0 Å². The van der Waals surface area contributed by atoms with Crippen molar-refractivity contribution in [3.63, 3.8) is 0 Å². The summed E-state index contributed by atoms with van der Waals surface area (Å²) >= 11 is 0. The van der Waals surface area contributed by atoms with Crippen LogP contribution >= 0.6 is 0 Å². The molecule has 1 aliphatic heterocycles. The van der Waals surface area contributed by atoms with Gasteiger partial charge in [0, 0.05) is 27.3 Å². The van der Waals surface area contributed by atoms with E-state index in [1.807, 2.05) is 0 Å². The van der Waals surface area contributed by atoms with E-state index >= 15 is 0 Å². The monoisotopic (exact) mass is 570 g/mol. The Morgan fingerprint density at radius 3 is 2.25 bits per heavy atom. The lowest BCUT2D eigenvalue weighted by Crippen LogP contribution is -3.28. The fraction of sp³-hybridized carbons (Fsp3) is 0.171. The third-order valence-corrected chi connectivity index (χ3v) is 10.2. The van der Waals surface area contributed by atoms with E-state index in [0.717, 1.165) is 12.8 Å². The first-order valence-electron chi connectivity index (χ1n) is 15.9. The minimum absolute atomic E-state index is 0.124. The van der Waals surface area contributed by atoms with E-state index in [9.17, 15) is 0 Å². The Balaban J connectivity index is 1.38. The molecule has 3 nitrogen and oxygen atoms in total. The standard InChI is InChI=1S/C41H35N3/c1-41(2)35-21-13-12-20-31(35)33-24-25-34-32-23-22-30(27-14-6-3-7-15-27)26-36(32)43(38(34)37(33)41)44-39(28-16-8-4-9-17-28)42-40(44)29-18-10-5-11-19-29/h3-4,6-10,12-26,39-40,42H,5,11H2,1-2H3/p+1. The van der Waals surface area contributed by atoms with Crippen LogP contribution in [0.25, 0.3) is 44.1 Å². The normalized spacial score (nSPS) is 21.6. The van der Waals surface area contributed by atoms with E-state index in [1.165, 1.54) is 71.3 Å². The Kier molecular flexibility index (Phi) is 5.65. The van der Waals surface area contributed by atoms with Crippen LogP contribution in [-0.2, 0) is 5.41 Å². The number of rotatable bonds is 4. The summed E-state index contributed by atoms with van der Waals surface area (Å²) in [5.74, 6) is 0. The average Bonchev–Trinajstić information content (AvgIpc) is 3.50. The predicted molar refractivity (Wildman–Crippen MR) is 181 cm³/mol. The van der Waals surface area contributed by atoms with Crippen LogP contribution in [0.5, 0.6) is 0 Å². The van der Waals surface area contributed by atoms with E-state index in [2.05, 4.69) is 157 Å². The number of quaternary nitrogens is 1. The maximum atomic E-state index is 4.01. The molecule has 3 aliphatic rings. The van der Waals surface area contributed by atoms with Crippen LogP contribution in [0, 0.1) is 0 Å². The first-order chi connectivity index (χ1) is 21.6. The number of nitrogens with zero attached hydrogens (tertiary/aromatic N) is 1. The smallest absolute Gasteiger partial charge is 0.197 e. The average molecular weight is 571 g/mol. The van der Waals surface area contributed by atoms with E-state index in [4.69, 9.17) is 0 Å². The molecule has 2 heterocycles. The highest BCUT2D eigenvalue weighted by molar-refractivity contribution is 6.12. The van der Waals surface area contributed by atoms with Gasteiger partial charge in [0.05, 0.1) is 0 Å². The van der Waals surface area contributed by atoms with Crippen LogP contribution in [0.1, 0.15) is 49.5 Å². The summed E-state index contributed by atoms with van der Waals surface area (Å²) in [7, 11) is 0. The molecule has 44 heavy (non-hydrogen) atoms. The molecule has 1 saturated heterocycles. The van der Waals surface area contributed by atoms with Crippen LogP contribution in [0.4, 0.5) is 0 Å². The highest BCUT2D eigenvalue weighted by Crippen LogP contribution is 2.52.